The summed E-state index contributed by atoms with van der Waals surface area (Å²) in [5, 5.41) is 21.7. The van der Waals surface area contributed by atoms with Gasteiger partial charge >= 0.3 is 0 Å². The number of rotatable bonds is 7. The van der Waals surface area contributed by atoms with Crippen molar-refractivity contribution in [1.82, 2.24) is 14.9 Å². The Labute approximate surface area is 220 Å². The van der Waals surface area contributed by atoms with Gasteiger partial charge in [-0.15, -0.1) is 10.2 Å². The monoisotopic (exact) mass is 552 g/mol. The molecule has 1 aromatic heterocycles. The standard InChI is InChI=1S/C23H32N6O6S2/c1-16-12-21(37(32,33)24-15-18-4-3-5-23(14-18)34-10-11-35-23)20(13-19(16)29(30)31)27-6-8-28(9-7-27)22-26-25-17(2)36-22/h12-13,18,24H,3-11,14-15H2,1-2H3. The van der Waals surface area contributed by atoms with E-state index in [0.29, 0.717) is 57.1 Å². The molecule has 1 saturated carbocycles. The molecule has 202 valence electrons. The third kappa shape index (κ3) is 5.58. The van der Waals surface area contributed by atoms with Crippen LogP contribution in [-0.4, -0.2) is 75.3 Å². The molecule has 37 heavy (non-hydrogen) atoms. The first-order valence-corrected chi connectivity index (χ1v) is 14.8. The number of nitro groups is 1. The molecule has 1 atom stereocenters. The average molecular weight is 553 g/mol. The van der Waals surface area contributed by atoms with E-state index in [-0.39, 0.29) is 23.0 Å². The molecule has 1 unspecified atom stereocenters. The topological polar surface area (TPSA) is 140 Å². The van der Waals surface area contributed by atoms with E-state index in [1.54, 1.807) is 6.92 Å². The van der Waals surface area contributed by atoms with Crippen molar-refractivity contribution in [2.75, 3.05) is 55.7 Å². The maximum atomic E-state index is 13.6. The molecule has 0 radical (unpaired) electrons. The number of nitrogens with zero attached hydrogens (tertiary/aromatic N) is 5. The second-order valence-corrected chi connectivity index (χ2v) is 12.8. The van der Waals surface area contributed by atoms with Gasteiger partial charge in [-0.05, 0) is 38.7 Å². The van der Waals surface area contributed by atoms with E-state index in [1.165, 1.54) is 23.5 Å². The lowest BCUT2D eigenvalue weighted by Crippen LogP contribution is -2.47. The van der Waals surface area contributed by atoms with Crippen molar-refractivity contribution in [1.29, 1.82) is 0 Å². The molecule has 3 aliphatic rings. The average Bonchev–Trinajstić information content (AvgIpc) is 3.51. The van der Waals surface area contributed by atoms with Crippen LogP contribution in [0.2, 0.25) is 0 Å². The number of sulfonamides is 1. The molecule has 2 saturated heterocycles. The molecular weight excluding hydrogens is 520 g/mol. The van der Waals surface area contributed by atoms with Gasteiger partial charge in [0.2, 0.25) is 15.2 Å². The fourth-order valence-electron chi connectivity index (χ4n) is 5.41. The summed E-state index contributed by atoms with van der Waals surface area (Å²) in [7, 11) is -3.93. The minimum Gasteiger partial charge on any atom is -0.367 e. The lowest BCUT2D eigenvalue weighted by molar-refractivity contribution is -0.385. The largest absolute Gasteiger partial charge is 0.367 e. The molecule has 14 heteroatoms. The van der Waals surface area contributed by atoms with Crippen molar-refractivity contribution in [2.24, 2.45) is 5.92 Å². The number of nitro benzene ring substituents is 1. The smallest absolute Gasteiger partial charge is 0.274 e. The Balaban J connectivity index is 1.35. The van der Waals surface area contributed by atoms with Crippen LogP contribution >= 0.6 is 11.3 Å². The normalized spacial score (nSPS) is 22.1. The van der Waals surface area contributed by atoms with Crippen LogP contribution in [0.4, 0.5) is 16.5 Å². The molecule has 2 aliphatic heterocycles. The van der Waals surface area contributed by atoms with Gasteiger partial charge in [-0.3, -0.25) is 10.1 Å². The molecule has 2 aromatic rings. The summed E-state index contributed by atoms with van der Waals surface area (Å²) in [6, 6.07) is 2.81. The number of aromatic nitrogens is 2. The minimum absolute atomic E-state index is 0.0645. The van der Waals surface area contributed by atoms with E-state index in [4.69, 9.17) is 9.47 Å². The lowest BCUT2D eigenvalue weighted by atomic mass is 9.85. The highest BCUT2D eigenvalue weighted by atomic mass is 32.2. The van der Waals surface area contributed by atoms with Crippen molar-refractivity contribution >= 4 is 37.9 Å². The van der Waals surface area contributed by atoms with Crippen LogP contribution in [0, 0.1) is 29.9 Å². The Morgan fingerprint density at radius 3 is 2.51 bits per heavy atom. The number of hydrogen-bond acceptors (Lipinski definition) is 11. The van der Waals surface area contributed by atoms with Gasteiger partial charge in [0.15, 0.2) is 5.79 Å². The number of hydrogen-bond donors (Lipinski definition) is 1. The predicted molar refractivity (Wildman–Crippen MR) is 139 cm³/mol. The van der Waals surface area contributed by atoms with Crippen LogP contribution in [0.3, 0.4) is 0 Å². The van der Waals surface area contributed by atoms with Gasteiger partial charge in [-0.1, -0.05) is 11.3 Å². The summed E-state index contributed by atoms with van der Waals surface area (Å²) in [6.07, 6.45) is 3.27. The summed E-state index contributed by atoms with van der Waals surface area (Å²) in [4.78, 5) is 15.3. The van der Waals surface area contributed by atoms with Gasteiger partial charge in [0, 0.05) is 57.2 Å². The van der Waals surface area contributed by atoms with Crippen molar-refractivity contribution in [3.05, 3.63) is 32.8 Å². The van der Waals surface area contributed by atoms with Crippen molar-refractivity contribution < 1.29 is 22.8 Å². The molecule has 0 bridgehead atoms. The second-order valence-electron chi connectivity index (χ2n) is 9.86. The highest BCUT2D eigenvalue weighted by molar-refractivity contribution is 7.89. The third-order valence-electron chi connectivity index (χ3n) is 7.32. The van der Waals surface area contributed by atoms with Gasteiger partial charge in [0.05, 0.1) is 23.8 Å². The Morgan fingerprint density at radius 1 is 1.16 bits per heavy atom. The first-order valence-electron chi connectivity index (χ1n) is 12.5. The van der Waals surface area contributed by atoms with E-state index in [9.17, 15) is 18.5 Å². The number of ether oxygens (including phenoxy) is 2. The number of aryl methyl sites for hydroxylation is 2. The summed E-state index contributed by atoms with van der Waals surface area (Å²) < 4.78 is 41.6. The zero-order chi connectivity index (χ0) is 26.2. The van der Waals surface area contributed by atoms with Gasteiger partial charge in [0.25, 0.3) is 5.69 Å². The van der Waals surface area contributed by atoms with Gasteiger partial charge in [-0.25, -0.2) is 13.1 Å². The van der Waals surface area contributed by atoms with E-state index < -0.39 is 20.7 Å². The highest BCUT2D eigenvalue weighted by Crippen LogP contribution is 2.39. The van der Waals surface area contributed by atoms with Crippen molar-refractivity contribution in [3.8, 4) is 0 Å². The SMILES string of the molecule is Cc1nnc(N2CCN(c3cc([N+](=O)[O-])c(C)cc3S(=O)(=O)NCC3CCCC4(C3)OCCO4)CC2)s1. The van der Waals surface area contributed by atoms with Gasteiger partial charge < -0.3 is 19.3 Å². The minimum atomic E-state index is -3.93. The zero-order valence-electron chi connectivity index (χ0n) is 21.0. The maximum Gasteiger partial charge on any atom is 0.274 e. The van der Waals surface area contributed by atoms with E-state index in [2.05, 4.69) is 19.8 Å². The van der Waals surface area contributed by atoms with Crippen molar-refractivity contribution in [3.63, 3.8) is 0 Å². The Bertz CT molecular complexity index is 1250. The molecular formula is C23H32N6O6S2. The fourth-order valence-corrected chi connectivity index (χ4v) is 7.56. The van der Waals surface area contributed by atoms with Crippen LogP contribution < -0.4 is 14.5 Å². The number of benzene rings is 1. The molecule has 3 heterocycles. The van der Waals surface area contributed by atoms with Gasteiger partial charge in [-0.2, -0.15) is 0 Å². The van der Waals surface area contributed by atoms with Crippen LogP contribution in [0.1, 0.15) is 36.3 Å². The third-order valence-corrected chi connectivity index (χ3v) is 9.67. The summed E-state index contributed by atoms with van der Waals surface area (Å²) in [6.45, 7) is 7.06. The zero-order valence-corrected chi connectivity index (χ0v) is 22.6. The molecule has 1 N–H and O–H groups in total. The van der Waals surface area contributed by atoms with Crippen LogP contribution in [0.15, 0.2) is 17.0 Å². The molecule has 1 aromatic carbocycles. The van der Waals surface area contributed by atoms with Crippen LogP contribution in [0.25, 0.3) is 0 Å². The summed E-state index contributed by atoms with van der Waals surface area (Å²) in [5.41, 5.74) is 0.558. The Kier molecular flexibility index (Phi) is 7.38. The number of piperazine rings is 1. The summed E-state index contributed by atoms with van der Waals surface area (Å²) in [5.74, 6) is -0.502. The predicted octanol–water partition coefficient (Wildman–Crippen LogP) is 2.60. The summed E-state index contributed by atoms with van der Waals surface area (Å²) >= 11 is 1.51. The number of nitrogens with one attached hydrogen (secondary N) is 1. The molecule has 12 nitrogen and oxygen atoms in total. The van der Waals surface area contributed by atoms with Gasteiger partial charge in [0.1, 0.15) is 9.90 Å². The molecule has 3 fully saturated rings. The molecule has 5 rings (SSSR count). The molecule has 1 spiro atoms. The molecule has 0 amide bonds. The first kappa shape index (κ1) is 26.2. The highest BCUT2D eigenvalue weighted by Gasteiger charge is 2.41. The van der Waals surface area contributed by atoms with Crippen LogP contribution in [-0.2, 0) is 19.5 Å². The Hall–Kier alpha value is -2.39. The Morgan fingerprint density at radius 2 is 1.86 bits per heavy atom. The fraction of sp³-hybridized carbons (Fsp3) is 0.652. The van der Waals surface area contributed by atoms with E-state index in [1.807, 2.05) is 11.8 Å². The number of anilines is 2. The van der Waals surface area contributed by atoms with E-state index in [0.717, 1.165) is 29.4 Å². The van der Waals surface area contributed by atoms with E-state index >= 15 is 0 Å². The quantitative estimate of drug-likeness (QED) is 0.403. The van der Waals surface area contributed by atoms with Crippen molar-refractivity contribution in [2.45, 2.75) is 50.2 Å². The first-order chi connectivity index (χ1) is 17.7. The van der Waals surface area contributed by atoms with Crippen LogP contribution in [0.5, 0.6) is 0 Å². The maximum absolute atomic E-state index is 13.6. The lowest BCUT2D eigenvalue weighted by Gasteiger charge is -2.37. The molecule has 1 aliphatic carbocycles. The second kappa shape index (κ2) is 10.4.